The van der Waals surface area contributed by atoms with Gasteiger partial charge in [-0.25, -0.2) is 4.98 Å². The lowest BCUT2D eigenvalue weighted by molar-refractivity contribution is -0.136. The van der Waals surface area contributed by atoms with E-state index in [2.05, 4.69) is 52.0 Å². The van der Waals surface area contributed by atoms with Gasteiger partial charge in [-0.3, -0.25) is 34.3 Å². The average molecular weight is 897 g/mol. The van der Waals surface area contributed by atoms with Crippen molar-refractivity contribution in [2.75, 3.05) is 93.6 Å². The van der Waals surface area contributed by atoms with Crippen LogP contribution in [0.4, 0.5) is 34.5 Å². The number of hydrogen-bond donors (Lipinski definition) is 4. The van der Waals surface area contributed by atoms with Crippen molar-refractivity contribution in [2.24, 2.45) is 0 Å². The van der Waals surface area contributed by atoms with Crippen LogP contribution in [0.3, 0.4) is 0 Å². The van der Waals surface area contributed by atoms with Gasteiger partial charge < -0.3 is 35.1 Å². The second kappa shape index (κ2) is 19.1. The Labute approximate surface area is 372 Å². The van der Waals surface area contributed by atoms with E-state index in [1.165, 1.54) is 6.20 Å². The number of piperazine rings is 1. The first-order valence-corrected chi connectivity index (χ1v) is 24.5. The van der Waals surface area contributed by atoms with Crippen LogP contribution in [0, 0.1) is 0 Å². The Kier molecular flexibility index (Phi) is 13.3. The third-order valence-corrected chi connectivity index (χ3v) is 14.2. The van der Waals surface area contributed by atoms with Crippen LogP contribution in [0.15, 0.2) is 66.9 Å². The molecular formula is C45H54ClN10O6P. The van der Waals surface area contributed by atoms with Gasteiger partial charge in [-0.15, -0.1) is 0 Å². The van der Waals surface area contributed by atoms with E-state index in [0.717, 1.165) is 87.8 Å². The summed E-state index contributed by atoms with van der Waals surface area (Å²) in [6, 6.07) is 18.3. The molecule has 5 heterocycles. The van der Waals surface area contributed by atoms with Gasteiger partial charge in [0, 0.05) is 81.0 Å². The number of nitrogens with zero attached hydrogens (tertiary/aromatic N) is 6. The van der Waals surface area contributed by atoms with Gasteiger partial charge in [-0.1, -0.05) is 29.8 Å². The number of carbonyl (C=O) groups excluding carboxylic acids is 4. The van der Waals surface area contributed by atoms with E-state index in [4.69, 9.17) is 16.3 Å². The van der Waals surface area contributed by atoms with Gasteiger partial charge in [-0.05, 0) is 88.4 Å². The largest absolute Gasteiger partial charge is 0.494 e. The number of benzene rings is 3. The lowest BCUT2D eigenvalue weighted by atomic mass is 10.0. The molecule has 3 fully saturated rings. The minimum absolute atomic E-state index is 0.0874. The zero-order valence-electron chi connectivity index (χ0n) is 35.9. The fourth-order valence-electron chi connectivity index (χ4n) is 8.98. The maximum atomic E-state index is 13.4. The van der Waals surface area contributed by atoms with E-state index in [1.807, 2.05) is 36.4 Å². The number of halogens is 1. The molecule has 4 aromatic rings. The molecule has 8 rings (SSSR count). The second-order valence-corrected chi connectivity index (χ2v) is 20.4. The normalized spacial score (nSPS) is 19.0. The van der Waals surface area contributed by atoms with Crippen molar-refractivity contribution < 1.29 is 28.5 Å². The highest BCUT2D eigenvalue weighted by molar-refractivity contribution is 7.70. The molecule has 18 heteroatoms. The van der Waals surface area contributed by atoms with Gasteiger partial charge in [0.1, 0.15) is 24.0 Å². The molecule has 0 radical (unpaired) electrons. The number of unbranched alkanes of at least 4 members (excludes halogenated alkanes) is 1. The summed E-state index contributed by atoms with van der Waals surface area (Å²) in [5.74, 6) is -0.594. The first-order valence-electron chi connectivity index (χ1n) is 21.6. The molecule has 16 nitrogen and oxygen atoms in total. The molecule has 0 spiro atoms. The predicted molar refractivity (Wildman–Crippen MR) is 246 cm³/mol. The Morgan fingerprint density at radius 1 is 0.857 bits per heavy atom. The molecular weight excluding hydrogens is 843 g/mol. The zero-order valence-corrected chi connectivity index (χ0v) is 37.5. The molecule has 0 aliphatic carbocycles. The molecule has 332 valence electrons. The van der Waals surface area contributed by atoms with Crippen molar-refractivity contribution in [1.29, 1.82) is 0 Å². The number of nitrogens with one attached hydrogen (secondary N) is 4. The first-order chi connectivity index (χ1) is 30.4. The Balaban J connectivity index is 0.769. The number of anilines is 6. The summed E-state index contributed by atoms with van der Waals surface area (Å²) in [6.45, 7) is 11.1. The third-order valence-electron chi connectivity index (χ3n) is 12.4. The number of ether oxygens (including phenoxy) is 1. The Hall–Kier alpha value is -5.54. The highest BCUT2D eigenvalue weighted by Gasteiger charge is 2.45. The summed E-state index contributed by atoms with van der Waals surface area (Å²) in [5.41, 5.74) is 3.66. The van der Waals surface area contributed by atoms with Crippen molar-refractivity contribution >= 4 is 82.2 Å². The molecule has 3 aromatic carbocycles. The number of fused-ring (bicyclic) bond motifs is 1. The van der Waals surface area contributed by atoms with Crippen molar-refractivity contribution in [3.05, 3.63) is 83.0 Å². The molecule has 1 atom stereocenters. The van der Waals surface area contributed by atoms with E-state index in [9.17, 15) is 23.7 Å². The van der Waals surface area contributed by atoms with Crippen molar-refractivity contribution in [2.45, 2.75) is 50.6 Å². The molecule has 4 N–H and O–H groups in total. The molecule has 4 aliphatic rings. The van der Waals surface area contributed by atoms with Crippen LogP contribution in [-0.2, 0) is 14.2 Å². The molecule has 0 saturated carbocycles. The minimum Gasteiger partial charge on any atom is -0.494 e. The number of piperidine rings is 2. The lowest BCUT2D eigenvalue weighted by Gasteiger charge is -2.43. The van der Waals surface area contributed by atoms with Gasteiger partial charge in [-0.2, -0.15) is 4.98 Å². The number of carbonyl (C=O) groups is 4. The molecule has 4 aliphatic heterocycles. The summed E-state index contributed by atoms with van der Waals surface area (Å²) >= 11 is 6.48. The van der Waals surface area contributed by atoms with Gasteiger partial charge in [0.2, 0.25) is 17.8 Å². The fraction of sp³-hybridized carbons (Fsp3) is 0.422. The number of aromatic nitrogens is 2. The maximum absolute atomic E-state index is 13.4. The average Bonchev–Trinajstić information content (AvgIpc) is 3.53. The molecule has 0 bridgehead atoms. The quantitative estimate of drug-likeness (QED) is 0.0643. The van der Waals surface area contributed by atoms with E-state index < -0.39 is 36.8 Å². The zero-order chi connectivity index (χ0) is 44.3. The lowest BCUT2D eigenvalue weighted by Crippen LogP contribution is -2.54. The van der Waals surface area contributed by atoms with Crippen molar-refractivity contribution in [1.82, 2.24) is 30.0 Å². The highest BCUT2D eigenvalue weighted by Crippen LogP contribution is 2.39. The SMILES string of the molecule is COc1cc(N2CCC(N3CCN(CCCCNc4cccc5c4C(=O)N(C4CCC(=O)NC4=O)C5=O)CC3)CC2)ccc1Nc1ncc(Cl)c(Nc2ccccc2P(C)(C)=O)n1. The van der Waals surface area contributed by atoms with E-state index >= 15 is 0 Å². The van der Waals surface area contributed by atoms with Crippen LogP contribution in [0.5, 0.6) is 5.75 Å². The van der Waals surface area contributed by atoms with Crippen molar-refractivity contribution in [3.63, 3.8) is 0 Å². The number of amides is 4. The van der Waals surface area contributed by atoms with Crippen LogP contribution < -0.4 is 36.2 Å². The fourth-order valence-corrected chi connectivity index (χ4v) is 10.3. The predicted octanol–water partition coefficient (Wildman–Crippen LogP) is 5.75. The van der Waals surface area contributed by atoms with Crippen LogP contribution >= 0.6 is 18.7 Å². The maximum Gasteiger partial charge on any atom is 0.264 e. The smallest absolute Gasteiger partial charge is 0.264 e. The Morgan fingerprint density at radius 2 is 1.62 bits per heavy atom. The van der Waals surface area contributed by atoms with Gasteiger partial charge in [0.25, 0.3) is 11.8 Å². The number of para-hydroxylation sites is 1. The number of hydrogen-bond acceptors (Lipinski definition) is 14. The van der Waals surface area contributed by atoms with E-state index in [-0.39, 0.29) is 18.4 Å². The van der Waals surface area contributed by atoms with Crippen LogP contribution in [0.1, 0.15) is 59.2 Å². The van der Waals surface area contributed by atoms with Gasteiger partial charge in [0.15, 0.2) is 5.82 Å². The van der Waals surface area contributed by atoms with Gasteiger partial charge >= 0.3 is 0 Å². The summed E-state index contributed by atoms with van der Waals surface area (Å²) in [4.78, 5) is 68.3. The first kappa shape index (κ1) is 44.1. The summed E-state index contributed by atoms with van der Waals surface area (Å²) in [7, 11) is -0.902. The summed E-state index contributed by atoms with van der Waals surface area (Å²) in [5, 5.41) is 13.2. The monoisotopic (exact) mass is 896 g/mol. The standard InChI is InChI=1S/C45H54ClN10O6P/c1-62-37-27-30(13-14-33(37)50-45-48-28-32(46)41(52-45)49-34-10-4-5-12-38(34)63(2,3)61)54-21-17-29(18-22-54)55-25-23-53(24-26-55)20-7-6-19-47-35-11-8-9-31-40(35)44(60)56(43(31)59)36-15-16-39(57)51-42(36)58/h4-5,8-14,27-29,36,47H,6-7,15-26H2,1-3H3,(H,51,57,58)(H2,48,49,50,52). The number of methoxy groups -OCH3 is 1. The highest BCUT2D eigenvalue weighted by atomic mass is 35.5. The van der Waals surface area contributed by atoms with E-state index in [1.54, 1.807) is 38.6 Å². The molecule has 3 saturated heterocycles. The number of rotatable bonds is 15. The van der Waals surface area contributed by atoms with E-state index in [0.29, 0.717) is 57.4 Å². The minimum atomic E-state index is -2.55. The number of imide groups is 2. The van der Waals surface area contributed by atoms with Crippen LogP contribution in [0.25, 0.3) is 0 Å². The third kappa shape index (κ3) is 9.84. The molecule has 4 amide bonds. The summed E-state index contributed by atoms with van der Waals surface area (Å²) in [6.07, 6.45) is 5.81. The molecule has 1 unspecified atom stereocenters. The van der Waals surface area contributed by atoms with Crippen molar-refractivity contribution in [3.8, 4) is 5.75 Å². The Bertz CT molecular complexity index is 2430. The van der Waals surface area contributed by atoms with Gasteiger partial charge in [0.05, 0.1) is 35.8 Å². The van der Waals surface area contributed by atoms with Crippen LogP contribution in [0.2, 0.25) is 5.02 Å². The summed E-state index contributed by atoms with van der Waals surface area (Å²) < 4.78 is 18.7. The molecule has 1 aromatic heterocycles. The second-order valence-electron chi connectivity index (χ2n) is 16.8. The molecule has 63 heavy (non-hydrogen) atoms. The van der Waals surface area contributed by atoms with Crippen LogP contribution in [-0.4, -0.2) is 133 Å². The Morgan fingerprint density at radius 3 is 2.37 bits per heavy atom. The topological polar surface area (TPSA) is 181 Å².